The van der Waals surface area contributed by atoms with E-state index in [2.05, 4.69) is 56.1 Å². The highest BCUT2D eigenvalue weighted by Gasteiger charge is 2.11. The second kappa shape index (κ2) is 4.59. The van der Waals surface area contributed by atoms with Crippen LogP contribution in [0.3, 0.4) is 0 Å². The van der Waals surface area contributed by atoms with Crippen LogP contribution in [0.2, 0.25) is 0 Å². The molecule has 0 amide bonds. The first-order valence-corrected chi connectivity index (χ1v) is 6.44. The molecule has 0 unspecified atom stereocenters. The third kappa shape index (κ3) is 2.81. The molecule has 2 aromatic rings. The van der Waals surface area contributed by atoms with Crippen LogP contribution in [0.4, 0.5) is 5.69 Å². The Balaban J connectivity index is 2.24. The molecule has 0 bridgehead atoms. The van der Waals surface area contributed by atoms with E-state index in [4.69, 9.17) is 0 Å². The molecule has 2 aromatic heterocycles. The molecule has 2 heterocycles. The van der Waals surface area contributed by atoms with Crippen LogP contribution < -0.4 is 5.32 Å². The molecule has 0 fully saturated rings. The van der Waals surface area contributed by atoms with Gasteiger partial charge in [-0.3, -0.25) is 0 Å². The van der Waals surface area contributed by atoms with E-state index in [1.807, 2.05) is 17.1 Å². The molecule has 0 aliphatic rings. The number of pyridine rings is 1. The van der Waals surface area contributed by atoms with Crippen LogP contribution in [-0.4, -0.2) is 21.3 Å². The van der Waals surface area contributed by atoms with Gasteiger partial charge in [0.2, 0.25) is 0 Å². The van der Waals surface area contributed by atoms with Crippen molar-refractivity contribution in [1.82, 2.24) is 14.8 Å². The summed E-state index contributed by atoms with van der Waals surface area (Å²) in [6.45, 7) is 11.8. The largest absolute Gasteiger partial charge is 0.383 e. The monoisotopic (exact) mass is 246 g/mol. The summed E-state index contributed by atoms with van der Waals surface area (Å²) >= 11 is 0. The predicted octanol–water partition coefficient (Wildman–Crippen LogP) is 3.47. The highest BCUT2D eigenvalue weighted by Crippen LogP contribution is 2.20. The number of hydrogen-bond donors (Lipinski definition) is 1. The number of nitrogens with zero attached hydrogens (tertiary/aromatic N) is 3. The standard InChI is InChI=1S/C14H22N4/c1-10(2)18-13-11(7-17-18)6-12(8-15-13)16-9-14(3,4)5/h6-8,10,16H,9H2,1-5H3. The van der Waals surface area contributed by atoms with E-state index in [1.54, 1.807) is 0 Å². The van der Waals surface area contributed by atoms with Gasteiger partial charge in [-0.05, 0) is 25.3 Å². The number of rotatable bonds is 3. The quantitative estimate of drug-likeness (QED) is 0.901. The zero-order valence-electron chi connectivity index (χ0n) is 11.9. The molecular formula is C14H22N4. The minimum absolute atomic E-state index is 0.261. The lowest BCUT2D eigenvalue weighted by Crippen LogP contribution is -2.19. The van der Waals surface area contributed by atoms with Gasteiger partial charge in [-0.15, -0.1) is 0 Å². The fourth-order valence-corrected chi connectivity index (χ4v) is 1.78. The maximum absolute atomic E-state index is 4.50. The number of anilines is 1. The van der Waals surface area contributed by atoms with Gasteiger partial charge in [-0.1, -0.05) is 20.8 Å². The topological polar surface area (TPSA) is 42.7 Å². The molecule has 4 nitrogen and oxygen atoms in total. The summed E-state index contributed by atoms with van der Waals surface area (Å²) in [6, 6.07) is 2.45. The molecule has 0 aliphatic carbocycles. The van der Waals surface area contributed by atoms with Gasteiger partial charge >= 0.3 is 0 Å². The zero-order chi connectivity index (χ0) is 13.3. The van der Waals surface area contributed by atoms with Crippen molar-refractivity contribution in [3.63, 3.8) is 0 Å². The van der Waals surface area contributed by atoms with Gasteiger partial charge in [-0.2, -0.15) is 5.10 Å². The van der Waals surface area contributed by atoms with Crippen molar-refractivity contribution >= 4 is 16.7 Å². The van der Waals surface area contributed by atoms with Crippen LogP contribution in [0.25, 0.3) is 11.0 Å². The van der Waals surface area contributed by atoms with Gasteiger partial charge in [0.15, 0.2) is 5.65 Å². The summed E-state index contributed by atoms with van der Waals surface area (Å²) in [4.78, 5) is 4.50. The van der Waals surface area contributed by atoms with Crippen molar-refractivity contribution in [3.05, 3.63) is 18.5 Å². The predicted molar refractivity (Wildman–Crippen MR) is 75.9 cm³/mol. The molecular weight excluding hydrogens is 224 g/mol. The lowest BCUT2D eigenvalue weighted by Gasteiger charge is -2.19. The van der Waals surface area contributed by atoms with E-state index in [9.17, 15) is 0 Å². The Hall–Kier alpha value is -1.58. The fourth-order valence-electron chi connectivity index (χ4n) is 1.78. The molecule has 0 aromatic carbocycles. The number of aromatic nitrogens is 3. The second-order valence-corrected chi connectivity index (χ2v) is 6.23. The Bertz CT molecular complexity index is 534. The molecule has 0 saturated carbocycles. The van der Waals surface area contributed by atoms with Gasteiger partial charge < -0.3 is 5.32 Å². The van der Waals surface area contributed by atoms with E-state index in [-0.39, 0.29) is 5.41 Å². The smallest absolute Gasteiger partial charge is 0.158 e. The lowest BCUT2D eigenvalue weighted by molar-refractivity contribution is 0.443. The van der Waals surface area contributed by atoms with Gasteiger partial charge in [0, 0.05) is 18.0 Å². The van der Waals surface area contributed by atoms with Crippen LogP contribution >= 0.6 is 0 Å². The minimum atomic E-state index is 0.261. The molecule has 18 heavy (non-hydrogen) atoms. The summed E-state index contributed by atoms with van der Waals surface area (Å²) in [5, 5.41) is 8.87. The molecule has 0 saturated heterocycles. The number of hydrogen-bond acceptors (Lipinski definition) is 3. The first-order valence-electron chi connectivity index (χ1n) is 6.44. The van der Waals surface area contributed by atoms with Crippen molar-refractivity contribution in [2.24, 2.45) is 5.41 Å². The molecule has 4 heteroatoms. The average Bonchev–Trinajstić information content (AvgIpc) is 2.68. The van der Waals surface area contributed by atoms with Gasteiger partial charge in [0.1, 0.15) is 0 Å². The third-order valence-electron chi connectivity index (χ3n) is 2.75. The van der Waals surface area contributed by atoms with E-state index in [0.29, 0.717) is 6.04 Å². The van der Waals surface area contributed by atoms with E-state index in [1.165, 1.54) is 0 Å². The van der Waals surface area contributed by atoms with Crippen LogP contribution in [0, 0.1) is 5.41 Å². The summed E-state index contributed by atoms with van der Waals surface area (Å²) in [7, 11) is 0. The van der Waals surface area contributed by atoms with Crippen LogP contribution in [-0.2, 0) is 0 Å². The number of fused-ring (bicyclic) bond motifs is 1. The Kier molecular flexibility index (Phi) is 3.28. The minimum Gasteiger partial charge on any atom is -0.383 e. The first kappa shape index (κ1) is 12.9. The zero-order valence-corrected chi connectivity index (χ0v) is 11.9. The normalized spacial score (nSPS) is 12.3. The first-order chi connectivity index (χ1) is 8.37. The van der Waals surface area contributed by atoms with Crippen molar-refractivity contribution < 1.29 is 0 Å². The second-order valence-electron chi connectivity index (χ2n) is 6.23. The lowest BCUT2D eigenvalue weighted by atomic mass is 9.97. The molecule has 0 aliphatic heterocycles. The Labute approximate surface area is 108 Å². The maximum atomic E-state index is 4.50. The molecule has 2 rings (SSSR count). The average molecular weight is 246 g/mol. The highest BCUT2D eigenvalue weighted by molar-refractivity contribution is 5.78. The Morgan fingerprint density at radius 3 is 2.61 bits per heavy atom. The van der Waals surface area contributed by atoms with Crippen LogP contribution in [0.5, 0.6) is 0 Å². The van der Waals surface area contributed by atoms with Crippen molar-refractivity contribution in [2.45, 2.75) is 40.7 Å². The van der Waals surface area contributed by atoms with E-state index >= 15 is 0 Å². The molecule has 0 spiro atoms. The van der Waals surface area contributed by atoms with Crippen LogP contribution in [0.1, 0.15) is 40.7 Å². The van der Waals surface area contributed by atoms with Crippen molar-refractivity contribution in [3.8, 4) is 0 Å². The fraction of sp³-hybridized carbons (Fsp3) is 0.571. The summed E-state index contributed by atoms with van der Waals surface area (Å²) in [6.07, 6.45) is 3.76. The van der Waals surface area contributed by atoms with Gasteiger partial charge in [-0.25, -0.2) is 9.67 Å². The molecule has 0 radical (unpaired) electrons. The summed E-state index contributed by atoms with van der Waals surface area (Å²) < 4.78 is 1.95. The van der Waals surface area contributed by atoms with Crippen molar-refractivity contribution in [2.75, 3.05) is 11.9 Å². The van der Waals surface area contributed by atoms with Gasteiger partial charge in [0.25, 0.3) is 0 Å². The summed E-state index contributed by atoms with van der Waals surface area (Å²) in [5.41, 5.74) is 2.27. The van der Waals surface area contributed by atoms with Crippen LogP contribution in [0.15, 0.2) is 18.5 Å². The SMILES string of the molecule is CC(C)n1ncc2cc(NCC(C)(C)C)cnc21. The number of nitrogens with one attached hydrogen (secondary N) is 1. The molecule has 1 N–H and O–H groups in total. The van der Waals surface area contributed by atoms with Gasteiger partial charge in [0.05, 0.1) is 18.1 Å². The maximum Gasteiger partial charge on any atom is 0.158 e. The molecule has 98 valence electrons. The highest BCUT2D eigenvalue weighted by atomic mass is 15.3. The summed E-state index contributed by atoms with van der Waals surface area (Å²) in [5.74, 6) is 0. The Morgan fingerprint density at radius 1 is 1.28 bits per heavy atom. The third-order valence-corrected chi connectivity index (χ3v) is 2.75. The van der Waals surface area contributed by atoms with Crippen molar-refractivity contribution in [1.29, 1.82) is 0 Å². The van der Waals surface area contributed by atoms with E-state index < -0.39 is 0 Å². The molecule has 0 atom stereocenters. The Morgan fingerprint density at radius 2 is 2.00 bits per heavy atom. The van der Waals surface area contributed by atoms with E-state index in [0.717, 1.165) is 23.3 Å².